The van der Waals surface area contributed by atoms with E-state index < -0.39 is 0 Å². The number of nitro groups is 1. The van der Waals surface area contributed by atoms with Gasteiger partial charge in [-0.15, -0.1) is 0 Å². The molecule has 162 valence electrons. The van der Waals surface area contributed by atoms with Gasteiger partial charge in [0.15, 0.2) is 0 Å². The zero-order chi connectivity index (χ0) is 22.0. The number of nitro benzene ring substituents is 1. The molecule has 7 nitrogen and oxygen atoms in total. The number of hydrogen-bond acceptors (Lipinski definition) is 5. The van der Waals surface area contributed by atoms with Crippen LogP contribution in [0.3, 0.4) is 0 Å². The maximum atomic E-state index is 11.4. The van der Waals surface area contributed by atoms with E-state index in [0.717, 1.165) is 47.8 Å². The lowest BCUT2D eigenvalue weighted by molar-refractivity contribution is -0.384. The minimum atomic E-state index is -0.383. The molecule has 31 heavy (non-hydrogen) atoms. The highest BCUT2D eigenvalue weighted by Gasteiger charge is 2.30. The number of methoxy groups -OCH3 is 2. The Morgan fingerprint density at radius 3 is 2.71 bits per heavy atom. The summed E-state index contributed by atoms with van der Waals surface area (Å²) >= 11 is 6.59. The maximum absolute atomic E-state index is 11.4. The van der Waals surface area contributed by atoms with E-state index in [2.05, 4.69) is 15.5 Å². The maximum Gasteiger partial charge on any atom is 0.269 e. The smallest absolute Gasteiger partial charge is 0.269 e. The van der Waals surface area contributed by atoms with Gasteiger partial charge in [-0.1, -0.05) is 17.7 Å². The number of aromatic nitrogens is 1. The van der Waals surface area contributed by atoms with E-state index >= 15 is 0 Å². The minimum Gasteiger partial charge on any atom is -0.497 e. The molecular formula is C23H24ClN3O4. The van der Waals surface area contributed by atoms with E-state index in [0.29, 0.717) is 11.6 Å². The summed E-state index contributed by atoms with van der Waals surface area (Å²) in [6.07, 6.45) is 2.99. The fourth-order valence-corrected chi connectivity index (χ4v) is 4.44. The standard InChI is InChI=1S/C23H24ClN3O4/c1-30-18-8-6-16(22(14-18)31-2)15-26-12-4-11-25-10-3-5-21(25)23(26)19-13-17(27(28)29)7-9-20(19)24/h3,5-10,13-14,23H,4,11-12,15H2,1-2H3. The van der Waals surface area contributed by atoms with Crippen LogP contribution < -0.4 is 9.47 Å². The number of benzene rings is 2. The van der Waals surface area contributed by atoms with Crippen LogP contribution in [0.4, 0.5) is 5.69 Å². The molecule has 1 unspecified atom stereocenters. The van der Waals surface area contributed by atoms with E-state index in [1.54, 1.807) is 26.4 Å². The molecule has 2 aromatic carbocycles. The fourth-order valence-electron chi connectivity index (χ4n) is 4.22. The van der Waals surface area contributed by atoms with Gasteiger partial charge in [-0.3, -0.25) is 15.0 Å². The fraction of sp³-hybridized carbons (Fsp3) is 0.304. The zero-order valence-corrected chi connectivity index (χ0v) is 18.2. The van der Waals surface area contributed by atoms with Crippen molar-refractivity contribution >= 4 is 17.3 Å². The molecule has 0 saturated carbocycles. The summed E-state index contributed by atoms with van der Waals surface area (Å²) < 4.78 is 13.1. The number of fused-ring (bicyclic) bond motifs is 1. The van der Waals surface area contributed by atoms with Crippen molar-refractivity contribution in [1.29, 1.82) is 0 Å². The Morgan fingerprint density at radius 1 is 1.13 bits per heavy atom. The Balaban J connectivity index is 1.80. The summed E-state index contributed by atoms with van der Waals surface area (Å²) in [5, 5.41) is 12.0. The van der Waals surface area contributed by atoms with Crippen LogP contribution >= 0.6 is 11.6 Å². The first kappa shape index (κ1) is 21.2. The second-order valence-electron chi connectivity index (χ2n) is 7.49. The van der Waals surface area contributed by atoms with Gasteiger partial charge in [0.25, 0.3) is 5.69 Å². The Bertz CT molecular complexity index is 1100. The van der Waals surface area contributed by atoms with Gasteiger partial charge < -0.3 is 14.0 Å². The molecule has 8 heteroatoms. The number of rotatable bonds is 6. The van der Waals surface area contributed by atoms with Crippen LogP contribution in [0.25, 0.3) is 0 Å². The SMILES string of the molecule is COc1ccc(CN2CCCn3cccc3C2c2cc([N+](=O)[O-])ccc2Cl)c(OC)c1. The number of ether oxygens (including phenoxy) is 2. The van der Waals surface area contributed by atoms with Crippen molar-refractivity contribution in [3.63, 3.8) is 0 Å². The van der Waals surface area contributed by atoms with Crippen molar-refractivity contribution in [3.8, 4) is 11.5 Å². The largest absolute Gasteiger partial charge is 0.497 e. The molecular weight excluding hydrogens is 418 g/mol. The summed E-state index contributed by atoms with van der Waals surface area (Å²) in [6, 6.07) is 14.3. The molecule has 1 aliphatic rings. The van der Waals surface area contributed by atoms with Crippen molar-refractivity contribution < 1.29 is 14.4 Å². The zero-order valence-electron chi connectivity index (χ0n) is 17.5. The first-order chi connectivity index (χ1) is 15.0. The summed E-state index contributed by atoms with van der Waals surface area (Å²) in [4.78, 5) is 13.4. The van der Waals surface area contributed by atoms with E-state index in [1.807, 2.05) is 30.5 Å². The molecule has 0 saturated heterocycles. The molecule has 1 aromatic heterocycles. The molecule has 0 spiro atoms. The summed E-state index contributed by atoms with van der Waals surface area (Å²) in [5.74, 6) is 1.46. The lowest BCUT2D eigenvalue weighted by atomic mass is 10.00. The van der Waals surface area contributed by atoms with E-state index in [9.17, 15) is 10.1 Å². The number of aryl methyl sites for hydroxylation is 1. The lowest BCUT2D eigenvalue weighted by Crippen LogP contribution is -2.30. The van der Waals surface area contributed by atoms with Gasteiger partial charge in [-0.25, -0.2) is 0 Å². The van der Waals surface area contributed by atoms with Crippen LogP contribution in [0.15, 0.2) is 54.7 Å². The van der Waals surface area contributed by atoms with Crippen LogP contribution in [0.2, 0.25) is 5.02 Å². The summed E-state index contributed by atoms with van der Waals surface area (Å²) in [5.41, 5.74) is 2.83. The molecule has 0 N–H and O–H groups in total. The molecule has 3 aromatic rings. The van der Waals surface area contributed by atoms with Gasteiger partial charge in [0.2, 0.25) is 0 Å². The average Bonchev–Trinajstić information content (AvgIpc) is 3.16. The van der Waals surface area contributed by atoms with Crippen LogP contribution in [-0.4, -0.2) is 35.2 Å². The molecule has 0 radical (unpaired) electrons. The van der Waals surface area contributed by atoms with Crippen LogP contribution in [-0.2, 0) is 13.1 Å². The monoisotopic (exact) mass is 441 g/mol. The van der Waals surface area contributed by atoms with Gasteiger partial charge >= 0.3 is 0 Å². The molecule has 1 atom stereocenters. The average molecular weight is 442 g/mol. The highest BCUT2D eigenvalue weighted by atomic mass is 35.5. The number of nitrogens with zero attached hydrogens (tertiary/aromatic N) is 3. The lowest BCUT2D eigenvalue weighted by Gasteiger charge is -2.31. The molecule has 1 aliphatic heterocycles. The van der Waals surface area contributed by atoms with Crippen LogP contribution in [0, 0.1) is 10.1 Å². The third-order valence-corrected chi connectivity index (χ3v) is 6.05. The van der Waals surface area contributed by atoms with Gasteiger partial charge in [-0.2, -0.15) is 0 Å². The van der Waals surface area contributed by atoms with Gasteiger partial charge in [-0.05, 0) is 30.7 Å². The highest BCUT2D eigenvalue weighted by molar-refractivity contribution is 6.31. The van der Waals surface area contributed by atoms with Crippen LogP contribution in [0.5, 0.6) is 11.5 Å². The van der Waals surface area contributed by atoms with Crippen molar-refractivity contribution in [1.82, 2.24) is 9.47 Å². The molecule has 2 heterocycles. The second-order valence-corrected chi connectivity index (χ2v) is 7.90. The summed E-state index contributed by atoms with van der Waals surface area (Å²) in [7, 11) is 3.26. The normalized spacial score (nSPS) is 16.4. The second kappa shape index (κ2) is 8.99. The van der Waals surface area contributed by atoms with Crippen LogP contribution in [0.1, 0.15) is 29.3 Å². The molecule has 0 bridgehead atoms. The predicted molar refractivity (Wildman–Crippen MR) is 119 cm³/mol. The van der Waals surface area contributed by atoms with Crippen molar-refractivity contribution in [2.45, 2.75) is 25.6 Å². The Morgan fingerprint density at radius 2 is 1.97 bits per heavy atom. The number of halogens is 1. The van der Waals surface area contributed by atoms with E-state index in [1.165, 1.54) is 6.07 Å². The highest BCUT2D eigenvalue weighted by Crippen LogP contribution is 2.39. The van der Waals surface area contributed by atoms with Crippen molar-refractivity contribution in [2.24, 2.45) is 0 Å². The van der Waals surface area contributed by atoms with Gasteiger partial charge in [0.1, 0.15) is 11.5 Å². The van der Waals surface area contributed by atoms with Gasteiger partial charge in [0.05, 0.1) is 25.2 Å². The first-order valence-electron chi connectivity index (χ1n) is 10.1. The topological polar surface area (TPSA) is 69.8 Å². The third kappa shape index (κ3) is 4.24. The minimum absolute atomic E-state index is 0.0312. The Kier molecular flexibility index (Phi) is 6.15. The third-order valence-electron chi connectivity index (χ3n) is 5.71. The predicted octanol–water partition coefficient (Wildman–Crippen LogP) is 5.06. The van der Waals surface area contributed by atoms with Crippen molar-refractivity contribution in [3.05, 3.63) is 86.7 Å². The molecule has 0 aliphatic carbocycles. The van der Waals surface area contributed by atoms with E-state index in [4.69, 9.17) is 21.1 Å². The number of non-ortho nitro benzene ring substituents is 1. The summed E-state index contributed by atoms with van der Waals surface area (Å²) in [6.45, 7) is 2.28. The Hall–Kier alpha value is -3.03. The quantitative estimate of drug-likeness (QED) is 0.395. The van der Waals surface area contributed by atoms with Crippen molar-refractivity contribution in [2.75, 3.05) is 20.8 Å². The molecule has 0 fully saturated rings. The van der Waals surface area contributed by atoms with Gasteiger partial charge in [0, 0.05) is 65.9 Å². The first-order valence-corrected chi connectivity index (χ1v) is 10.4. The van der Waals surface area contributed by atoms with E-state index in [-0.39, 0.29) is 16.7 Å². The molecule has 4 rings (SSSR count). The Labute approximate surface area is 185 Å². The number of hydrogen-bond donors (Lipinski definition) is 0. The molecule has 0 amide bonds.